The van der Waals surface area contributed by atoms with E-state index in [1.165, 1.54) is 4.31 Å². The molecule has 31 heavy (non-hydrogen) atoms. The van der Waals surface area contributed by atoms with E-state index >= 15 is 0 Å². The molecule has 7 heteroatoms. The van der Waals surface area contributed by atoms with Crippen LogP contribution in [0.4, 0.5) is 0 Å². The van der Waals surface area contributed by atoms with Gasteiger partial charge in [-0.3, -0.25) is 0 Å². The minimum absolute atomic E-state index is 0.337. The van der Waals surface area contributed by atoms with Crippen molar-refractivity contribution in [3.8, 4) is 5.75 Å². The van der Waals surface area contributed by atoms with Crippen LogP contribution < -0.4 is 15.2 Å². The number of methoxy groups -OCH3 is 1. The summed E-state index contributed by atoms with van der Waals surface area (Å²) in [7, 11) is -0.578. The molecule has 2 atom stereocenters. The van der Waals surface area contributed by atoms with Crippen molar-refractivity contribution in [2.24, 2.45) is 5.73 Å². The van der Waals surface area contributed by atoms with E-state index in [2.05, 4.69) is 4.72 Å². The zero-order chi connectivity index (χ0) is 22.3. The van der Waals surface area contributed by atoms with E-state index in [1.807, 2.05) is 84.9 Å². The summed E-state index contributed by atoms with van der Waals surface area (Å²) in [6, 6.07) is 25.4. The van der Waals surface area contributed by atoms with E-state index in [-0.39, 0.29) is 0 Å². The molecule has 6 nitrogen and oxygen atoms in total. The molecule has 0 spiro atoms. The van der Waals surface area contributed by atoms with Crippen LogP contribution in [-0.2, 0) is 16.6 Å². The van der Waals surface area contributed by atoms with Gasteiger partial charge in [0.15, 0.2) is 0 Å². The van der Waals surface area contributed by atoms with Gasteiger partial charge in [-0.05, 0) is 35.2 Å². The van der Waals surface area contributed by atoms with Gasteiger partial charge in [0.2, 0.25) is 0 Å². The smallest absolute Gasteiger partial charge is 0.279 e. The number of benzene rings is 3. The van der Waals surface area contributed by atoms with Gasteiger partial charge in [-0.25, -0.2) is 0 Å². The first-order valence-corrected chi connectivity index (χ1v) is 11.6. The number of nitrogens with one attached hydrogen (secondary N) is 1. The molecule has 3 N–H and O–H groups in total. The number of ether oxygens (including phenoxy) is 1. The lowest BCUT2D eigenvalue weighted by Crippen LogP contribution is -2.44. The Balaban J connectivity index is 1.75. The van der Waals surface area contributed by atoms with Crippen LogP contribution in [0.5, 0.6) is 5.75 Å². The second kappa shape index (κ2) is 10.5. The standard InChI is InChI=1S/C24H29N3O3S/c1-27(18-17-19-13-15-22(30-2)16-14-19)31(28,29)26-24(21-11-7-4-8-12-21)23(25)20-9-5-3-6-10-20/h3-16,23-24,26H,17-18,25H2,1-2H3/t23-,24-/m0/s1. The van der Waals surface area contributed by atoms with Gasteiger partial charge in [-0.1, -0.05) is 72.8 Å². The molecule has 0 radical (unpaired) electrons. The van der Waals surface area contributed by atoms with Crippen molar-refractivity contribution in [2.75, 3.05) is 20.7 Å². The van der Waals surface area contributed by atoms with Crippen LogP contribution in [0.25, 0.3) is 0 Å². The van der Waals surface area contributed by atoms with Gasteiger partial charge in [0.25, 0.3) is 10.2 Å². The fraction of sp³-hybridized carbons (Fsp3) is 0.250. The van der Waals surface area contributed by atoms with Gasteiger partial charge in [-0.2, -0.15) is 17.4 Å². The molecule has 0 aromatic heterocycles. The molecule has 0 aliphatic carbocycles. The average molecular weight is 440 g/mol. The second-order valence-electron chi connectivity index (χ2n) is 7.37. The summed E-state index contributed by atoms with van der Waals surface area (Å²) in [5.74, 6) is 0.770. The van der Waals surface area contributed by atoms with E-state index in [9.17, 15) is 8.42 Å². The third-order valence-corrected chi connectivity index (χ3v) is 6.82. The molecule has 0 unspecified atom stereocenters. The monoisotopic (exact) mass is 439 g/mol. The van der Waals surface area contributed by atoms with Gasteiger partial charge in [-0.15, -0.1) is 0 Å². The first-order chi connectivity index (χ1) is 14.9. The second-order valence-corrected chi connectivity index (χ2v) is 9.18. The van der Waals surface area contributed by atoms with Crippen molar-refractivity contribution >= 4 is 10.2 Å². The maximum Gasteiger partial charge on any atom is 0.279 e. The summed E-state index contributed by atoms with van der Waals surface area (Å²) in [5, 5.41) is 0. The number of nitrogens with zero attached hydrogens (tertiary/aromatic N) is 1. The van der Waals surface area contributed by atoms with E-state index in [4.69, 9.17) is 10.5 Å². The Kier molecular flexibility index (Phi) is 7.81. The molecule has 0 saturated heterocycles. The van der Waals surface area contributed by atoms with Crippen molar-refractivity contribution in [1.29, 1.82) is 0 Å². The Morgan fingerprint density at radius 2 is 1.45 bits per heavy atom. The number of likely N-dealkylation sites (N-methyl/N-ethyl adjacent to an activating group) is 1. The highest BCUT2D eigenvalue weighted by atomic mass is 32.2. The van der Waals surface area contributed by atoms with Crippen LogP contribution in [0.2, 0.25) is 0 Å². The SMILES string of the molecule is COc1ccc(CCN(C)S(=O)(=O)N[C@@H](c2ccccc2)[C@@H](N)c2ccccc2)cc1. The Morgan fingerprint density at radius 3 is 2.00 bits per heavy atom. The average Bonchev–Trinajstić information content (AvgIpc) is 2.82. The lowest BCUT2D eigenvalue weighted by Gasteiger charge is -2.28. The number of hydrogen-bond donors (Lipinski definition) is 2. The van der Waals surface area contributed by atoms with Gasteiger partial charge in [0.1, 0.15) is 5.75 Å². The van der Waals surface area contributed by atoms with Crippen LogP contribution in [-0.4, -0.2) is 33.4 Å². The Hall–Kier alpha value is -2.71. The Labute approximate surface area is 184 Å². The molecular formula is C24H29N3O3S. The third kappa shape index (κ3) is 6.15. The number of rotatable bonds is 10. The number of hydrogen-bond acceptors (Lipinski definition) is 4. The van der Waals surface area contributed by atoms with E-state index in [1.54, 1.807) is 14.2 Å². The minimum Gasteiger partial charge on any atom is -0.497 e. The first kappa shape index (κ1) is 23.0. The topological polar surface area (TPSA) is 84.7 Å². The largest absolute Gasteiger partial charge is 0.497 e. The highest BCUT2D eigenvalue weighted by molar-refractivity contribution is 7.87. The molecule has 164 valence electrons. The summed E-state index contributed by atoms with van der Waals surface area (Å²) >= 11 is 0. The fourth-order valence-electron chi connectivity index (χ4n) is 3.33. The summed E-state index contributed by atoms with van der Waals surface area (Å²) in [6.07, 6.45) is 0.585. The zero-order valence-electron chi connectivity index (χ0n) is 17.8. The predicted molar refractivity (Wildman–Crippen MR) is 124 cm³/mol. The van der Waals surface area contributed by atoms with Crippen LogP contribution in [0.15, 0.2) is 84.9 Å². The van der Waals surface area contributed by atoms with Gasteiger partial charge >= 0.3 is 0 Å². The van der Waals surface area contributed by atoms with Crippen LogP contribution in [0.3, 0.4) is 0 Å². The molecule has 0 heterocycles. The van der Waals surface area contributed by atoms with Gasteiger partial charge < -0.3 is 10.5 Å². The maximum atomic E-state index is 13.1. The van der Waals surface area contributed by atoms with Crippen molar-refractivity contribution < 1.29 is 13.2 Å². The van der Waals surface area contributed by atoms with E-state index < -0.39 is 22.3 Å². The molecule has 3 rings (SSSR count). The Morgan fingerprint density at radius 1 is 0.903 bits per heavy atom. The summed E-state index contributed by atoms with van der Waals surface area (Å²) in [4.78, 5) is 0. The molecule has 0 bridgehead atoms. The van der Waals surface area contributed by atoms with E-state index in [0.717, 1.165) is 22.4 Å². The molecule has 0 fully saturated rings. The highest BCUT2D eigenvalue weighted by Crippen LogP contribution is 2.28. The molecule has 0 amide bonds. The van der Waals surface area contributed by atoms with Crippen molar-refractivity contribution in [2.45, 2.75) is 18.5 Å². The van der Waals surface area contributed by atoms with Crippen molar-refractivity contribution in [3.63, 3.8) is 0 Å². The molecule has 0 aliphatic rings. The number of nitrogens with two attached hydrogens (primary N) is 1. The zero-order valence-corrected chi connectivity index (χ0v) is 18.6. The molecular weight excluding hydrogens is 410 g/mol. The van der Waals surface area contributed by atoms with Crippen LogP contribution >= 0.6 is 0 Å². The fourth-order valence-corrected chi connectivity index (χ4v) is 4.44. The third-order valence-electron chi connectivity index (χ3n) is 5.26. The Bertz CT molecular complexity index is 1040. The normalized spacial score (nSPS) is 13.7. The van der Waals surface area contributed by atoms with Crippen LogP contribution in [0.1, 0.15) is 28.8 Å². The molecule has 3 aromatic rings. The van der Waals surface area contributed by atoms with Crippen LogP contribution in [0, 0.1) is 0 Å². The lowest BCUT2D eigenvalue weighted by atomic mass is 9.95. The molecule has 0 aliphatic heterocycles. The molecule has 0 saturated carbocycles. The van der Waals surface area contributed by atoms with Crippen molar-refractivity contribution in [1.82, 2.24) is 9.03 Å². The molecule has 3 aromatic carbocycles. The minimum atomic E-state index is -3.76. The summed E-state index contributed by atoms with van der Waals surface area (Å²) < 4.78 is 35.5. The summed E-state index contributed by atoms with van der Waals surface area (Å²) in [5.41, 5.74) is 9.22. The highest BCUT2D eigenvalue weighted by Gasteiger charge is 2.28. The van der Waals surface area contributed by atoms with Gasteiger partial charge in [0, 0.05) is 13.6 Å². The lowest BCUT2D eigenvalue weighted by molar-refractivity contribution is 0.414. The predicted octanol–water partition coefficient (Wildman–Crippen LogP) is 3.45. The van der Waals surface area contributed by atoms with Crippen molar-refractivity contribution in [3.05, 3.63) is 102 Å². The van der Waals surface area contributed by atoms with E-state index in [0.29, 0.717) is 13.0 Å². The summed E-state index contributed by atoms with van der Waals surface area (Å²) in [6.45, 7) is 0.337. The maximum absolute atomic E-state index is 13.1. The van der Waals surface area contributed by atoms with Gasteiger partial charge in [0.05, 0.1) is 19.2 Å². The first-order valence-electron chi connectivity index (χ1n) is 10.1. The quantitative estimate of drug-likeness (QED) is 0.507.